The summed E-state index contributed by atoms with van der Waals surface area (Å²) >= 11 is 5.72. The third-order valence-corrected chi connectivity index (χ3v) is 3.23. The Kier molecular flexibility index (Phi) is 7.89. The van der Waals surface area contributed by atoms with Gasteiger partial charge in [0, 0.05) is 10.7 Å². The second-order valence-corrected chi connectivity index (χ2v) is 5.18. The maximum Gasteiger partial charge on any atom is 0.355 e. The zero-order valence-electron chi connectivity index (χ0n) is 14.1. The first kappa shape index (κ1) is 21.6. The van der Waals surface area contributed by atoms with Crippen LogP contribution < -0.4 is 16.5 Å². The Balaban J connectivity index is 3.20. The van der Waals surface area contributed by atoms with Crippen LogP contribution in [0.25, 0.3) is 0 Å². The molecule has 0 unspecified atom stereocenters. The molecule has 144 valence electrons. The van der Waals surface area contributed by atoms with Crippen LogP contribution >= 0.6 is 11.6 Å². The molecule has 3 amide bonds. The summed E-state index contributed by atoms with van der Waals surface area (Å²) < 4.78 is 8.86. The molecule has 1 atom stereocenters. The van der Waals surface area contributed by atoms with Crippen molar-refractivity contribution in [3.63, 3.8) is 0 Å². The summed E-state index contributed by atoms with van der Waals surface area (Å²) in [5.41, 5.74) is 5.84. The normalized spacial score (nSPS) is 11.7. The van der Waals surface area contributed by atoms with Crippen LogP contribution in [0.4, 0.5) is 10.5 Å². The molecule has 0 spiro atoms. The third kappa shape index (κ3) is 6.08. The molecule has 0 aliphatic rings. The van der Waals surface area contributed by atoms with Crippen LogP contribution in [0.1, 0.15) is 0 Å². The Morgan fingerprint density at radius 2 is 1.67 bits per heavy atom. The van der Waals surface area contributed by atoms with Crippen LogP contribution in [-0.4, -0.2) is 49.6 Å². The number of Topliss-reactive ketones (excluding diaryl/α,β-unsaturated/α-hetero) is 1. The molecule has 0 aromatic heterocycles. The predicted molar refractivity (Wildman–Crippen MR) is 92.8 cm³/mol. The number of ketones is 1. The highest BCUT2D eigenvalue weighted by Gasteiger charge is 2.41. The van der Waals surface area contributed by atoms with E-state index in [-0.39, 0.29) is 5.69 Å². The topological polar surface area (TPSA) is 166 Å². The molecule has 0 aliphatic heterocycles. The lowest BCUT2D eigenvalue weighted by atomic mass is 9.97. The molecule has 1 aromatic carbocycles. The van der Waals surface area contributed by atoms with Crippen molar-refractivity contribution in [1.82, 2.24) is 5.43 Å². The fraction of sp³-hybridized carbons (Fsp3) is 0.200. The van der Waals surface area contributed by atoms with Gasteiger partial charge in [0.05, 0.1) is 14.2 Å². The number of rotatable bonds is 7. The van der Waals surface area contributed by atoms with Gasteiger partial charge >= 0.3 is 18.0 Å². The number of benzene rings is 1. The molecular weight excluding hydrogens is 384 g/mol. The van der Waals surface area contributed by atoms with Crippen molar-refractivity contribution < 1.29 is 33.4 Å². The number of anilines is 1. The Morgan fingerprint density at radius 1 is 1.07 bits per heavy atom. The van der Waals surface area contributed by atoms with Crippen LogP contribution in [0, 0.1) is 5.92 Å². The first-order chi connectivity index (χ1) is 12.7. The van der Waals surface area contributed by atoms with Crippen molar-refractivity contribution in [3.8, 4) is 0 Å². The molecule has 0 saturated carbocycles. The van der Waals surface area contributed by atoms with Crippen molar-refractivity contribution in [1.29, 1.82) is 0 Å². The molecule has 0 aliphatic carbocycles. The van der Waals surface area contributed by atoms with Crippen LogP contribution in [0.3, 0.4) is 0 Å². The zero-order valence-corrected chi connectivity index (χ0v) is 14.9. The molecule has 27 heavy (non-hydrogen) atoms. The van der Waals surface area contributed by atoms with Crippen molar-refractivity contribution in [3.05, 3.63) is 29.3 Å². The first-order valence-electron chi connectivity index (χ1n) is 7.11. The van der Waals surface area contributed by atoms with Gasteiger partial charge in [-0.1, -0.05) is 11.6 Å². The minimum Gasteiger partial charge on any atom is -0.468 e. The minimum atomic E-state index is -2.10. The zero-order chi connectivity index (χ0) is 20.6. The number of carbonyl (C=O) groups is 5. The first-order valence-corrected chi connectivity index (χ1v) is 7.49. The van der Waals surface area contributed by atoms with Crippen LogP contribution in [0.15, 0.2) is 29.4 Å². The Morgan fingerprint density at radius 3 is 2.15 bits per heavy atom. The lowest BCUT2D eigenvalue weighted by molar-refractivity contribution is -0.150. The van der Waals surface area contributed by atoms with E-state index in [4.69, 9.17) is 17.3 Å². The number of nitrogens with two attached hydrogens (primary N) is 1. The molecule has 4 N–H and O–H groups in total. The van der Waals surface area contributed by atoms with E-state index in [1.807, 2.05) is 0 Å². The average molecular weight is 399 g/mol. The highest BCUT2D eigenvalue weighted by Crippen LogP contribution is 2.15. The predicted octanol–water partition coefficient (Wildman–Crippen LogP) is -0.166. The minimum absolute atomic E-state index is 0.202. The SMILES string of the molecule is COC(=O)/C(=N\NC(N)=O)[C@@H](C(=O)OC)C(=O)C(=O)Nc1ccc(Cl)cc1. The van der Waals surface area contributed by atoms with Gasteiger partial charge in [-0.05, 0) is 24.3 Å². The maximum absolute atomic E-state index is 12.4. The monoisotopic (exact) mass is 398 g/mol. The number of primary amides is 1. The number of ether oxygens (including phenoxy) is 2. The number of amides is 3. The fourth-order valence-corrected chi connectivity index (χ4v) is 1.89. The summed E-state index contributed by atoms with van der Waals surface area (Å²) in [5, 5.41) is 5.91. The van der Waals surface area contributed by atoms with E-state index < -0.39 is 41.3 Å². The second kappa shape index (κ2) is 9.87. The largest absolute Gasteiger partial charge is 0.468 e. The lowest BCUT2D eigenvalue weighted by Gasteiger charge is -2.14. The summed E-state index contributed by atoms with van der Waals surface area (Å²) in [6, 6.07) is 4.54. The van der Waals surface area contributed by atoms with Crippen LogP contribution in [0.5, 0.6) is 0 Å². The number of urea groups is 1. The van der Waals surface area contributed by atoms with Gasteiger partial charge in [-0.15, -0.1) is 0 Å². The van der Waals surface area contributed by atoms with E-state index in [9.17, 15) is 24.0 Å². The summed E-state index contributed by atoms with van der Waals surface area (Å²) in [4.78, 5) is 59.3. The molecule has 0 radical (unpaired) electrons. The van der Waals surface area contributed by atoms with Gasteiger partial charge in [0.1, 0.15) is 0 Å². The number of esters is 2. The van der Waals surface area contributed by atoms with Gasteiger partial charge < -0.3 is 20.5 Å². The number of methoxy groups -OCH3 is 2. The molecular formula is C15H15ClN4O7. The Labute approximate surface area is 157 Å². The van der Waals surface area contributed by atoms with Gasteiger partial charge in [-0.25, -0.2) is 15.0 Å². The van der Waals surface area contributed by atoms with E-state index in [1.54, 1.807) is 5.43 Å². The molecule has 0 fully saturated rings. The standard InChI is InChI=1S/C15H15ClN4O7/c1-26-13(23)9(10(14(24)27-2)19-20-15(17)25)11(21)12(22)18-8-5-3-7(16)4-6-8/h3-6,9H,1-2H3,(H,18,22)(H3,17,20,25)/b19-10-/t9-/m1/s1. The van der Waals surface area contributed by atoms with E-state index >= 15 is 0 Å². The molecule has 11 nitrogen and oxygen atoms in total. The smallest absolute Gasteiger partial charge is 0.355 e. The maximum atomic E-state index is 12.4. The van der Waals surface area contributed by atoms with E-state index in [0.717, 1.165) is 14.2 Å². The van der Waals surface area contributed by atoms with Crippen molar-refractivity contribution in [2.75, 3.05) is 19.5 Å². The molecule has 0 saturated heterocycles. The summed E-state index contributed by atoms with van der Waals surface area (Å²) in [5.74, 6) is -7.26. The number of nitrogens with zero attached hydrogens (tertiary/aromatic N) is 1. The Hall–Kier alpha value is -3.47. The van der Waals surface area contributed by atoms with Crippen molar-refractivity contribution in [2.24, 2.45) is 16.8 Å². The second-order valence-electron chi connectivity index (χ2n) is 4.75. The molecule has 1 rings (SSSR count). The van der Waals surface area contributed by atoms with Gasteiger partial charge in [-0.3, -0.25) is 14.4 Å². The fourth-order valence-electron chi connectivity index (χ4n) is 1.77. The highest BCUT2D eigenvalue weighted by atomic mass is 35.5. The average Bonchev–Trinajstić information content (AvgIpc) is 2.64. The summed E-state index contributed by atoms with van der Waals surface area (Å²) in [7, 11) is 1.87. The van der Waals surface area contributed by atoms with Gasteiger partial charge in [0.15, 0.2) is 11.6 Å². The Bertz CT molecular complexity index is 792. The molecule has 1 aromatic rings. The van der Waals surface area contributed by atoms with Crippen molar-refractivity contribution >= 4 is 52.7 Å². The van der Waals surface area contributed by atoms with E-state index in [2.05, 4.69) is 19.9 Å². The van der Waals surface area contributed by atoms with Crippen LogP contribution in [-0.2, 0) is 28.7 Å². The number of hydrazone groups is 1. The van der Waals surface area contributed by atoms with Gasteiger partial charge in [0.2, 0.25) is 5.78 Å². The number of carbonyl (C=O) groups excluding carboxylic acids is 5. The van der Waals surface area contributed by atoms with Gasteiger partial charge in [-0.2, -0.15) is 5.10 Å². The molecule has 0 bridgehead atoms. The van der Waals surface area contributed by atoms with Gasteiger partial charge in [0.25, 0.3) is 5.91 Å². The summed E-state index contributed by atoms with van der Waals surface area (Å²) in [6.07, 6.45) is 0. The van der Waals surface area contributed by atoms with E-state index in [1.165, 1.54) is 24.3 Å². The van der Waals surface area contributed by atoms with E-state index in [0.29, 0.717) is 5.02 Å². The summed E-state index contributed by atoms with van der Waals surface area (Å²) in [6.45, 7) is 0. The van der Waals surface area contributed by atoms with Crippen LogP contribution in [0.2, 0.25) is 5.02 Å². The molecule has 12 heteroatoms. The number of hydrogen-bond acceptors (Lipinski definition) is 8. The molecule has 0 heterocycles. The number of nitrogens with one attached hydrogen (secondary N) is 2. The van der Waals surface area contributed by atoms with Crippen molar-refractivity contribution in [2.45, 2.75) is 0 Å². The number of halogens is 1. The highest BCUT2D eigenvalue weighted by molar-refractivity contribution is 6.55. The quantitative estimate of drug-likeness (QED) is 0.188. The third-order valence-electron chi connectivity index (χ3n) is 2.98. The lowest BCUT2D eigenvalue weighted by Crippen LogP contribution is -2.44. The number of hydrogen-bond donors (Lipinski definition) is 3.